The molecule has 0 aromatic carbocycles. The fourth-order valence-corrected chi connectivity index (χ4v) is 2.20. The lowest BCUT2D eigenvalue weighted by Crippen LogP contribution is -2.23. The van der Waals surface area contributed by atoms with Gasteiger partial charge in [0.1, 0.15) is 11.5 Å². The van der Waals surface area contributed by atoms with Crippen molar-refractivity contribution in [3.8, 4) is 0 Å². The third-order valence-electron chi connectivity index (χ3n) is 3.09. The Morgan fingerprint density at radius 3 is 2.56 bits per heavy atom. The van der Waals surface area contributed by atoms with Crippen LogP contribution in [0.4, 0.5) is 0 Å². The lowest BCUT2D eigenvalue weighted by molar-refractivity contribution is 0.0535. The number of nitrogens with one attached hydrogen (secondary N) is 1. The van der Waals surface area contributed by atoms with Crippen molar-refractivity contribution in [3.05, 3.63) is 22.6 Å². The molecule has 0 radical (unpaired) electrons. The highest BCUT2D eigenvalue weighted by atomic mass is 16.6. The summed E-state index contributed by atoms with van der Waals surface area (Å²) in [5.41, 5.74) is 4.00. The highest BCUT2D eigenvalue weighted by Gasteiger charge is 2.20. The Morgan fingerprint density at radius 1 is 1.22 bits per heavy atom. The second kappa shape index (κ2) is 7.21. The van der Waals surface area contributed by atoms with Crippen LogP contribution in [-0.4, -0.2) is 13.0 Å². The number of hydrogen-bond donors (Lipinski definition) is 1. The molecule has 0 unspecified atom stereocenters. The molecular formula is C14H23NO3. The molecule has 102 valence electrons. The molecule has 0 saturated heterocycles. The molecule has 4 heteroatoms. The van der Waals surface area contributed by atoms with E-state index < -0.39 is 0 Å². The second-order valence-electron chi connectivity index (χ2n) is 4.51. The standard InChI is InChI=1S/C14H23NO3/c1-5-6-7-8-9-12-10(2)18-11(3)13(12)14(16)15-17-4/h5-9H2,1-4H3,(H,15,16). The van der Waals surface area contributed by atoms with Crippen molar-refractivity contribution in [1.82, 2.24) is 5.48 Å². The second-order valence-corrected chi connectivity index (χ2v) is 4.51. The Kier molecular flexibility index (Phi) is 5.92. The number of rotatable bonds is 7. The maximum Gasteiger partial charge on any atom is 0.278 e. The van der Waals surface area contributed by atoms with Gasteiger partial charge in [0.2, 0.25) is 0 Å². The van der Waals surface area contributed by atoms with Crippen molar-refractivity contribution in [1.29, 1.82) is 0 Å². The molecule has 4 nitrogen and oxygen atoms in total. The Bertz CT molecular complexity index is 396. The predicted molar refractivity (Wildman–Crippen MR) is 70.5 cm³/mol. The minimum Gasteiger partial charge on any atom is -0.466 e. The van der Waals surface area contributed by atoms with Gasteiger partial charge in [-0.2, -0.15) is 0 Å². The molecule has 1 aromatic rings. The molecule has 1 heterocycles. The number of unbranched alkanes of at least 4 members (excludes halogenated alkanes) is 3. The Labute approximate surface area is 109 Å². The molecule has 0 atom stereocenters. The normalized spacial score (nSPS) is 10.7. The van der Waals surface area contributed by atoms with Crippen LogP contribution in [0.15, 0.2) is 4.42 Å². The van der Waals surface area contributed by atoms with Gasteiger partial charge in [-0.15, -0.1) is 0 Å². The Hall–Kier alpha value is -1.29. The monoisotopic (exact) mass is 253 g/mol. The van der Waals surface area contributed by atoms with Gasteiger partial charge in [-0.3, -0.25) is 9.63 Å². The molecule has 0 fully saturated rings. The molecule has 1 aromatic heterocycles. The Balaban J connectivity index is 2.78. The summed E-state index contributed by atoms with van der Waals surface area (Å²) in [6.07, 6.45) is 5.60. The zero-order valence-electron chi connectivity index (χ0n) is 11.8. The first kappa shape index (κ1) is 14.8. The first-order chi connectivity index (χ1) is 8.61. The number of hydroxylamine groups is 1. The first-order valence-corrected chi connectivity index (χ1v) is 6.54. The topological polar surface area (TPSA) is 51.5 Å². The highest BCUT2D eigenvalue weighted by molar-refractivity contribution is 5.96. The van der Waals surface area contributed by atoms with Crippen molar-refractivity contribution >= 4 is 5.91 Å². The van der Waals surface area contributed by atoms with Crippen molar-refractivity contribution in [2.24, 2.45) is 0 Å². The van der Waals surface area contributed by atoms with Gasteiger partial charge >= 0.3 is 0 Å². The fraction of sp³-hybridized carbons (Fsp3) is 0.643. The van der Waals surface area contributed by atoms with Crippen LogP contribution >= 0.6 is 0 Å². The van der Waals surface area contributed by atoms with E-state index in [0.717, 1.165) is 24.2 Å². The van der Waals surface area contributed by atoms with Crippen LogP contribution in [0, 0.1) is 13.8 Å². The number of amides is 1. The molecule has 0 saturated carbocycles. The van der Waals surface area contributed by atoms with Gasteiger partial charge in [0.25, 0.3) is 5.91 Å². The van der Waals surface area contributed by atoms with E-state index in [4.69, 9.17) is 4.42 Å². The van der Waals surface area contributed by atoms with Crippen LogP contribution in [0.25, 0.3) is 0 Å². The highest BCUT2D eigenvalue weighted by Crippen LogP contribution is 2.24. The molecule has 1 rings (SSSR count). The van der Waals surface area contributed by atoms with Gasteiger partial charge in [0, 0.05) is 5.56 Å². The number of aryl methyl sites for hydroxylation is 2. The fourth-order valence-electron chi connectivity index (χ4n) is 2.20. The van der Waals surface area contributed by atoms with Crippen LogP contribution < -0.4 is 5.48 Å². The molecule has 0 spiro atoms. The van der Waals surface area contributed by atoms with Crippen molar-refractivity contribution in [2.45, 2.75) is 52.9 Å². The Morgan fingerprint density at radius 2 is 1.94 bits per heavy atom. The average Bonchev–Trinajstić information content (AvgIpc) is 2.60. The summed E-state index contributed by atoms with van der Waals surface area (Å²) in [5.74, 6) is 1.27. The van der Waals surface area contributed by atoms with Crippen LogP contribution in [0.5, 0.6) is 0 Å². The van der Waals surface area contributed by atoms with Crippen molar-refractivity contribution < 1.29 is 14.0 Å². The van der Waals surface area contributed by atoms with E-state index >= 15 is 0 Å². The van der Waals surface area contributed by atoms with Gasteiger partial charge in [0.15, 0.2) is 0 Å². The third kappa shape index (κ3) is 3.60. The van der Waals surface area contributed by atoms with E-state index in [9.17, 15) is 4.79 Å². The summed E-state index contributed by atoms with van der Waals surface area (Å²) >= 11 is 0. The average molecular weight is 253 g/mol. The van der Waals surface area contributed by atoms with Gasteiger partial charge in [-0.05, 0) is 26.7 Å². The molecular weight excluding hydrogens is 230 g/mol. The van der Waals surface area contributed by atoms with Crippen LogP contribution in [-0.2, 0) is 11.3 Å². The summed E-state index contributed by atoms with van der Waals surface area (Å²) < 4.78 is 5.55. The van der Waals surface area contributed by atoms with Crippen molar-refractivity contribution in [2.75, 3.05) is 7.11 Å². The van der Waals surface area contributed by atoms with E-state index in [1.54, 1.807) is 0 Å². The van der Waals surface area contributed by atoms with E-state index in [1.165, 1.54) is 26.4 Å². The van der Waals surface area contributed by atoms with Crippen LogP contribution in [0.3, 0.4) is 0 Å². The van der Waals surface area contributed by atoms with Crippen LogP contribution in [0.1, 0.15) is 60.0 Å². The minimum atomic E-state index is -0.225. The summed E-state index contributed by atoms with van der Waals surface area (Å²) in [6.45, 7) is 5.91. The molecule has 1 N–H and O–H groups in total. The first-order valence-electron chi connectivity index (χ1n) is 6.54. The molecule has 18 heavy (non-hydrogen) atoms. The largest absolute Gasteiger partial charge is 0.466 e. The van der Waals surface area contributed by atoms with Gasteiger partial charge in [-0.1, -0.05) is 26.2 Å². The summed E-state index contributed by atoms with van der Waals surface area (Å²) in [4.78, 5) is 16.6. The van der Waals surface area contributed by atoms with E-state index in [0.29, 0.717) is 11.3 Å². The zero-order valence-corrected chi connectivity index (χ0v) is 11.8. The zero-order chi connectivity index (χ0) is 13.5. The summed E-state index contributed by atoms with van der Waals surface area (Å²) in [7, 11) is 1.43. The summed E-state index contributed by atoms with van der Waals surface area (Å²) in [6, 6.07) is 0. The van der Waals surface area contributed by atoms with Crippen LogP contribution in [0.2, 0.25) is 0 Å². The molecule has 0 aliphatic rings. The molecule has 0 bridgehead atoms. The predicted octanol–water partition coefficient (Wildman–Crippen LogP) is 3.31. The van der Waals surface area contributed by atoms with Crippen molar-refractivity contribution in [3.63, 3.8) is 0 Å². The maximum absolute atomic E-state index is 11.9. The summed E-state index contributed by atoms with van der Waals surface area (Å²) in [5, 5.41) is 0. The number of furan rings is 1. The van der Waals surface area contributed by atoms with Gasteiger partial charge < -0.3 is 4.42 Å². The lowest BCUT2D eigenvalue weighted by atomic mass is 10.0. The SMILES string of the molecule is CCCCCCc1c(C)oc(C)c1C(=O)NOC. The number of hydrogen-bond acceptors (Lipinski definition) is 3. The number of carbonyl (C=O) groups is 1. The minimum absolute atomic E-state index is 0.225. The quantitative estimate of drug-likeness (QED) is 0.599. The maximum atomic E-state index is 11.9. The van der Waals surface area contributed by atoms with Gasteiger partial charge in [0.05, 0.1) is 12.7 Å². The van der Waals surface area contributed by atoms with E-state index in [-0.39, 0.29) is 5.91 Å². The van der Waals surface area contributed by atoms with Gasteiger partial charge in [-0.25, -0.2) is 5.48 Å². The smallest absolute Gasteiger partial charge is 0.278 e. The third-order valence-corrected chi connectivity index (χ3v) is 3.09. The molecule has 0 aliphatic carbocycles. The molecule has 0 aliphatic heterocycles. The number of carbonyl (C=O) groups excluding carboxylic acids is 1. The van der Waals surface area contributed by atoms with E-state index in [1.807, 2.05) is 13.8 Å². The molecule has 1 amide bonds. The lowest BCUT2D eigenvalue weighted by Gasteiger charge is -2.05. The van der Waals surface area contributed by atoms with E-state index in [2.05, 4.69) is 17.2 Å².